The van der Waals surface area contributed by atoms with Crippen molar-refractivity contribution in [3.8, 4) is 11.5 Å². The first-order valence-electron chi connectivity index (χ1n) is 7.86. The van der Waals surface area contributed by atoms with Gasteiger partial charge in [-0.3, -0.25) is 9.59 Å². The summed E-state index contributed by atoms with van der Waals surface area (Å²) in [5.41, 5.74) is -0.266. The van der Waals surface area contributed by atoms with Crippen LogP contribution in [0.4, 0.5) is 0 Å². The minimum absolute atomic E-state index is 0.149. The van der Waals surface area contributed by atoms with E-state index < -0.39 is 54.6 Å². The summed E-state index contributed by atoms with van der Waals surface area (Å²) in [5.74, 6) is -1.67. The molecule has 0 amide bonds. The van der Waals surface area contributed by atoms with Crippen molar-refractivity contribution in [3.05, 3.63) is 34.9 Å². The Kier molecular flexibility index (Phi) is 4.82. The number of carbonyl (C=O) groups is 2. The molecular formula is C17H18O9. The summed E-state index contributed by atoms with van der Waals surface area (Å²) in [6.07, 6.45) is -6.50. The molecule has 3 rings (SSSR count). The lowest BCUT2D eigenvalue weighted by molar-refractivity contribution is -0.277. The van der Waals surface area contributed by atoms with Crippen LogP contribution in [-0.4, -0.2) is 74.4 Å². The maximum atomic E-state index is 12.3. The normalized spacial score (nSPS) is 31.4. The van der Waals surface area contributed by atoms with Crippen LogP contribution in [0.3, 0.4) is 0 Å². The lowest BCUT2D eigenvalue weighted by Gasteiger charge is -2.39. The van der Waals surface area contributed by atoms with E-state index >= 15 is 0 Å². The standard InChI is InChI=1S/C17H18O9/c1-6-4-8(20)11-9(3-2-7(19)12(11)13(6)21)25-17-16(24)15(23)14(22)10(5-18)26-17/h2-4,10,14-19,22-24H,5H2,1H3/t10-,14-,15+,16-,17-/m1/s1. The van der Waals surface area contributed by atoms with E-state index in [1.165, 1.54) is 13.0 Å². The van der Waals surface area contributed by atoms with Crippen LogP contribution in [0, 0.1) is 0 Å². The molecule has 5 atom stereocenters. The van der Waals surface area contributed by atoms with Crippen molar-refractivity contribution in [1.29, 1.82) is 0 Å². The van der Waals surface area contributed by atoms with Gasteiger partial charge in [-0.1, -0.05) is 0 Å². The fraction of sp³-hybridized carbons (Fsp3) is 0.412. The van der Waals surface area contributed by atoms with Crippen LogP contribution in [0.1, 0.15) is 27.6 Å². The highest BCUT2D eigenvalue weighted by atomic mass is 16.7. The molecule has 5 N–H and O–H groups in total. The van der Waals surface area contributed by atoms with Gasteiger partial charge in [0.1, 0.15) is 35.9 Å². The second-order valence-electron chi connectivity index (χ2n) is 6.17. The lowest BCUT2D eigenvalue weighted by atomic mass is 9.89. The third-order valence-electron chi connectivity index (χ3n) is 4.42. The molecule has 1 aliphatic carbocycles. The number of ether oxygens (including phenoxy) is 2. The van der Waals surface area contributed by atoms with Gasteiger partial charge in [-0.2, -0.15) is 0 Å². The maximum absolute atomic E-state index is 12.3. The van der Waals surface area contributed by atoms with Gasteiger partial charge in [-0.25, -0.2) is 0 Å². The van der Waals surface area contributed by atoms with E-state index in [2.05, 4.69) is 0 Å². The Hall–Kier alpha value is -2.30. The van der Waals surface area contributed by atoms with Gasteiger partial charge in [0.25, 0.3) is 0 Å². The Morgan fingerprint density at radius 3 is 2.42 bits per heavy atom. The fourth-order valence-corrected chi connectivity index (χ4v) is 2.97. The molecule has 0 unspecified atom stereocenters. The summed E-state index contributed by atoms with van der Waals surface area (Å²) in [6.45, 7) is 0.797. The topological polar surface area (TPSA) is 154 Å². The molecule has 0 saturated carbocycles. The highest BCUT2D eigenvalue weighted by molar-refractivity contribution is 6.26. The van der Waals surface area contributed by atoms with E-state index in [9.17, 15) is 35.1 Å². The van der Waals surface area contributed by atoms with Crippen LogP contribution in [0.15, 0.2) is 23.8 Å². The smallest absolute Gasteiger partial charge is 0.229 e. The van der Waals surface area contributed by atoms with Gasteiger partial charge >= 0.3 is 0 Å². The second kappa shape index (κ2) is 6.78. The molecule has 9 nitrogen and oxygen atoms in total. The SMILES string of the molecule is CC1=CC(=O)c2c(O[C@@H]3O[C@H](CO)[C@@H](O)[C@H](O)[C@H]3O)ccc(O)c2C1=O. The first kappa shape index (κ1) is 18.5. The van der Waals surface area contributed by atoms with E-state index in [1.807, 2.05) is 0 Å². The van der Waals surface area contributed by atoms with Crippen molar-refractivity contribution in [2.24, 2.45) is 0 Å². The number of aliphatic hydroxyl groups excluding tert-OH is 4. The summed E-state index contributed by atoms with van der Waals surface area (Å²) >= 11 is 0. The molecule has 1 aromatic carbocycles. The number of Topliss-reactive ketones (excluding diaryl/α,β-unsaturated/α-hetero) is 1. The molecule has 1 heterocycles. The number of hydrogen-bond acceptors (Lipinski definition) is 9. The Labute approximate surface area is 147 Å². The second-order valence-corrected chi connectivity index (χ2v) is 6.17. The van der Waals surface area contributed by atoms with Crippen molar-refractivity contribution in [3.63, 3.8) is 0 Å². The van der Waals surface area contributed by atoms with Crippen LogP contribution in [0.25, 0.3) is 0 Å². The number of phenolic OH excluding ortho intramolecular Hbond substituents is 1. The van der Waals surface area contributed by atoms with Crippen LogP contribution >= 0.6 is 0 Å². The zero-order valence-electron chi connectivity index (χ0n) is 13.7. The van der Waals surface area contributed by atoms with E-state index in [1.54, 1.807) is 0 Å². The molecule has 0 bridgehead atoms. The van der Waals surface area contributed by atoms with E-state index in [0.29, 0.717) is 0 Å². The van der Waals surface area contributed by atoms with Crippen molar-refractivity contribution in [2.45, 2.75) is 37.6 Å². The van der Waals surface area contributed by atoms with Crippen molar-refractivity contribution >= 4 is 11.6 Å². The number of ketones is 2. The molecule has 0 spiro atoms. The quantitative estimate of drug-likeness (QED) is 0.448. The molecule has 0 radical (unpaired) electrons. The van der Waals surface area contributed by atoms with Crippen molar-refractivity contribution < 1.29 is 44.6 Å². The van der Waals surface area contributed by atoms with Crippen LogP contribution in [-0.2, 0) is 4.74 Å². The van der Waals surface area contributed by atoms with Crippen LogP contribution in [0.2, 0.25) is 0 Å². The maximum Gasteiger partial charge on any atom is 0.229 e. The number of aromatic hydroxyl groups is 1. The predicted molar refractivity (Wildman–Crippen MR) is 84.9 cm³/mol. The van der Waals surface area contributed by atoms with Crippen molar-refractivity contribution in [2.75, 3.05) is 6.61 Å². The van der Waals surface area contributed by atoms with E-state index in [4.69, 9.17) is 9.47 Å². The number of phenols is 1. The Balaban J connectivity index is 1.98. The van der Waals surface area contributed by atoms with Gasteiger partial charge in [0.15, 0.2) is 11.6 Å². The first-order valence-corrected chi connectivity index (χ1v) is 7.86. The molecule has 1 saturated heterocycles. The number of allylic oxidation sites excluding steroid dienone is 2. The Morgan fingerprint density at radius 2 is 1.77 bits per heavy atom. The zero-order valence-corrected chi connectivity index (χ0v) is 13.7. The molecule has 1 aromatic rings. The monoisotopic (exact) mass is 366 g/mol. The van der Waals surface area contributed by atoms with E-state index in [0.717, 1.165) is 12.1 Å². The number of benzene rings is 1. The molecule has 26 heavy (non-hydrogen) atoms. The number of carbonyl (C=O) groups excluding carboxylic acids is 2. The predicted octanol–water partition coefficient (Wildman–Crippen LogP) is -1.10. The Morgan fingerprint density at radius 1 is 1.08 bits per heavy atom. The van der Waals surface area contributed by atoms with Crippen molar-refractivity contribution in [1.82, 2.24) is 0 Å². The third-order valence-corrected chi connectivity index (χ3v) is 4.42. The van der Waals surface area contributed by atoms with E-state index in [-0.39, 0.29) is 22.4 Å². The molecule has 140 valence electrons. The molecule has 9 heteroatoms. The first-order chi connectivity index (χ1) is 12.3. The molecule has 0 aromatic heterocycles. The zero-order chi connectivity index (χ0) is 19.2. The summed E-state index contributed by atoms with van der Waals surface area (Å²) in [7, 11) is 0. The minimum Gasteiger partial charge on any atom is -0.507 e. The van der Waals surface area contributed by atoms with Gasteiger partial charge in [-0.15, -0.1) is 0 Å². The number of rotatable bonds is 3. The Bertz CT molecular complexity index is 783. The lowest BCUT2D eigenvalue weighted by Crippen LogP contribution is -2.60. The van der Waals surface area contributed by atoms with Crippen LogP contribution < -0.4 is 4.74 Å². The highest BCUT2D eigenvalue weighted by Crippen LogP contribution is 2.36. The van der Waals surface area contributed by atoms with Gasteiger partial charge in [-0.05, 0) is 25.1 Å². The number of fused-ring (bicyclic) bond motifs is 1. The summed E-state index contributed by atoms with van der Waals surface area (Å²) in [4.78, 5) is 24.6. The molecule has 2 aliphatic rings. The molecular weight excluding hydrogens is 348 g/mol. The fourth-order valence-electron chi connectivity index (χ4n) is 2.97. The van der Waals surface area contributed by atoms with Gasteiger partial charge in [0, 0.05) is 5.57 Å². The average Bonchev–Trinajstić information content (AvgIpc) is 2.61. The minimum atomic E-state index is -1.68. The largest absolute Gasteiger partial charge is 0.507 e. The third kappa shape index (κ3) is 2.89. The van der Waals surface area contributed by atoms with Crippen LogP contribution in [0.5, 0.6) is 11.5 Å². The summed E-state index contributed by atoms with van der Waals surface area (Å²) < 4.78 is 10.7. The van der Waals surface area contributed by atoms with Gasteiger partial charge < -0.3 is 35.0 Å². The number of aliphatic hydroxyl groups is 4. The summed E-state index contributed by atoms with van der Waals surface area (Å²) in [6, 6.07) is 2.37. The highest BCUT2D eigenvalue weighted by Gasteiger charge is 2.45. The van der Waals surface area contributed by atoms with Gasteiger partial charge in [0.2, 0.25) is 6.29 Å². The number of hydrogen-bond donors (Lipinski definition) is 5. The molecule has 1 aliphatic heterocycles. The molecule has 1 fully saturated rings. The summed E-state index contributed by atoms with van der Waals surface area (Å²) in [5, 5.41) is 48.8. The average molecular weight is 366 g/mol. The van der Waals surface area contributed by atoms with Gasteiger partial charge in [0.05, 0.1) is 17.7 Å².